The van der Waals surface area contributed by atoms with E-state index in [9.17, 15) is 9.59 Å². The molecule has 0 spiro atoms. The number of esters is 1. The van der Waals surface area contributed by atoms with Crippen molar-refractivity contribution in [2.75, 3.05) is 11.9 Å². The minimum atomic E-state index is -0.541. The van der Waals surface area contributed by atoms with Gasteiger partial charge in [0.2, 0.25) is 0 Å². The van der Waals surface area contributed by atoms with E-state index in [-0.39, 0.29) is 18.0 Å². The number of ether oxygens (including phenoxy) is 1. The minimum Gasteiger partial charge on any atom is -0.462 e. The number of rotatable bonds is 4. The molecule has 2 aromatic heterocycles. The summed E-state index contributed by atoms with van der Waals surface area (Å²) >= 11 is 6.11. The van der Waals surface area contributed by atoms with Gasteiger partial charge in [0.25, 0.3) is 5.91 Å². The van der Waals surface area contributed by atoms with Crippen LogP contribution in [0.1, 0.15) is 27.8 Å². The van der Waals surface area contributed by atoms with Crippen molar-refractivity contribution in [2.24, 2.45) is 7.05 Å². The van der Waals surface area contributed by atoms with Crippen LogP contribution in [0.3, 0.4) is 0 Å². The second-order valence-corrected chi connectivity index (χ2v) is 5.50. The lowest BCUT2D eigenvalue weighted by molar-refractivity contribution is 0.0527. The van der Waals surface area contributed by atoms with Gasteiger partial charge in [-0.15, -0.1) is 0 Å². The number of fused-ring (bicyclic) bond motifs is 1. The van der Waals surface area contributed by atoms with Crippen molar-refractivity contribution < 1.29 is 14.3 Å². The van der Waals surface area contributed by atoms with Crippen LogP contribution in [0.25, 0.3) is 10.9 Å². The lowest BCUT2D eigenvalue weighted by Crippen LogP contribution is -2.17. The minimum absolute atomic E-state index is 0.196. The monoisotopic (exact) mass is 346 g/mol. The molecular weight excluding hydrogens is 332 g/mol. The molecule has 0 aliphatic heterocycles. The first-order valence-corrected chi connectivity index (χ1v) is 7.66. The number of carbonyl (C=O) groups excluding carboxylic acids is 2. The molecule has 0 saturated heterocycles. The van der Waals surface area contributed by atoms with Crippen molar-refractivity contribution in [1.82, 2.24) is 14.8 Å². The highest BCUT2D eigenvalue weighted by molar-refractivity contribution is 6.35. The third kappa shape index (κ3) is 2.85. The quantitative estimate of drug-likeness (QED) is 0.711. The highest BCUT2D eigenvalue weighted by Crippen LogP contribution is 2.24. The van der Waals surface area contributed by atoms with Gasteiger partial charge in [0.05, 0.1) is 23.3 Å². The molecule has 1 aromatic carbocycles. The van der Waals surface area contributed by atoms with Crippen LogP contribution in [0.5, 0.6) is 0 Å². The van der Waals surface area contributed by atoms with E-state index in [0.29, 0.717) is 16.2 Å². The number of aryl methyl sites for hydroxylation is 1. The number of amides is 1. The number of halogens is 1. The van der Waals surface area contributed by atoms with Crippen LogP contribution in [0.4, 0.5) is 5.82 Å². The van der Waals surface area contributed by atoms with E-state index >= 15 is 0 Å². The van der Waals surface area contributed by atoms with Gasteiger partial charge < -0.3 is 15.0 Å². The molecule has 3 aromatic rings. The van der Waals surface area contributed by atoms with E-state index in [1.54, 1.807) is 32.2 Å². The zero-order valence-electron chi connectivity index (χ0n) is 13.1. The second-order valence-electron chi connectivity index (χ2n) is 5.09. The molecular formula is C16H15ClN4O3. The lowest BCUT2D eigenvalue weighted by Gasteiger charge is -2.07. The molecule has 124 valence electrons. The van der Waals surface area contributed by atoms with Gasteiger partial charge in [0.15, 0.2) is 0 Å². The van der Waals surface area contributed by atoms with Crippen LogP contribution >= 0.6 is 11.6 Å². The summed E-state index contributed by atoms with van der Waals surface area (Å²) in [6.45, 7) is 1.95. The van der Waals surface area contributed by atoms with Crippen molar-refractivity contribution in [1.29, 1.82) is 0 Å². The van der Waals surface area contributed by atoms with Gasteiger partial charge in [0.1, 0.15) is 17.1 Å². The Morgan fingerprint density at radius 3 is 2.92 bits per heavy atom. The van der Waals surface area contributed by atoms with Crippen molar-refractivity contribution >= 4 is 40.2 Å². The number of nitrogens with zero attached hydrogens (tertiary/aromatic N) is 2. The molecule has 2 heterocycles. The fourth-order valence-corrected chi connectivity index (χ4v) is 2.59. The van der Waals surface area contributed by atoms with E-state index in [4.69, 9.17) is 16.3 Å². The van der Waals surface area contributed by atoms with Crippen LogP contribution in [0, 0.1) is 0 Å². The highest BCUT2D eigenvalue weighted by atomic mass is 35.5. The number of hydrogen-bond donors (Lipinski definition) is 2. The molecule has 0 fully saturated rings. The predicted molar refractivity (Wildman–Crippen MR) is 90.4 cm³/mol. The van der Waals surface area contributed by atoms with E-state index < -0.39 is 11.9 Å². The van der Waals surface area contributed by atoms with E-state index in [2.05, 4.69) is 15.4 Å². The summed E-state index contributed by atoms with van der Waals surface area (Å²) in [5.41, 5.74) is 1.20. The van der Waals surface area contributed by atoms with Crippen LogP contribution in [-0.4, -0.2) is 33.2 Å². The smallest absolute Gasteiger partial charge is 0.343 e. The number of para-hydroxylation sites is 1. The summed E-state index contributed by atoms with van der Waals surface area (Å²) in [6.07, 6.45) is 1.36. The molecule has 0 radical (unpaired) electrons. The summed E-state index contributed by atoms with van der Waals surface area (Å²) in [5, 5.41) is 8.02. The van der Waals surface area contributed by atoms with Gasteiger partial charge in [0, 0.05) is 12.4 Å². The number of hydrogen-bond acceptors (Lipinski definition) is 4. The predicted octanol–water partition coefficient (Wildman–Crippen LogP) is 2.98. The normalized spacial score (nSPS) is 10.8. The Balaban J connectivity index is 1.90. The summed E-state index contributed by atoms with van der Waals surface area (Å²) in [7, 11) is 1.63. The van der Waals surface area contributed by atoms with Crippen LogP contribution < -0.4 is 5.32 Å². The van der Waals surface area contributed by atoms with Gasteiger partial charge in [-0.2, -0.15) is 5.10 Å². The van der Waals surface area contributed by atoms with Crippen LogP contribution in [0.15, 0.2) is 30.5 Å². The molecule has 0 unspecified atom stereocenters. The first-order valence-electron chi connectivity index (χ1n) is 7.29. The fraction of sp³-hybridized carbons (Fsp3) is 0.188. The maximum atomic E-state index is 12.5. The molecule has 1 amide bonds. The molecule has 2 N–H and O–H groups in total. The Morgan fingerprint density at radius 2 is 2.21 bits per heavy atom. The third-order valence-electron chi connectivity index (χ3n) is 3.52. The van der Waals surface area contributed by atoms with E-state index in [0.717, 1.165) is 5.39 Å². The maximum Gasteiger partial charge on any atom is 0.343 e. The van der Waals surface area contributed by atoms with E-state index in [1.807, 2.05) is 6.07 Å². The molecule has 0 aliphatic rings. The van der Waals surface area contributed by atoms with Gasteiger partial charge in [-0.25, -0.2) is 4.79 Å². The van der Waals surface area contributed by atoms with Crippen molar-refractivity contribution in [3.63, 3.8) is 0 Å². The largest absolute Gasteiger partial charge is 0.462 e. The second kappa shape index (κ2) is 6.37. The first-order chi connectivity index (χ1) is 11.5. The number of anilines is 1. The highest BCUT2D eigenvalue weighted by Gasteiger charge is 2.20. The number of carbonyl (C=O) groups is 2. The number of H-pyrrole nitrogens is 1. The molecule has 7 nitrogen and oxygen atoms in total. The summed E-state index contributed by atoms with van der Waals surface area (Å²) < 4.78 is 6.37. The number of benzene rings is 1. The molecule has 0 saturated carbocycles. The van der Waals surface area contributed by atoms with E-state index in [1.165, 1.54) is 10.9 Å². The zero-order chi connectivity index (χ0) is 17.3. The van der Waals surface area contributed by atoms with Crippen LogP contribution in [0.2, 0.25) is 5.02 Å². The maximum absolute atomic E-state index is 12.5. The van der Waals surface area contributed by atoms with Crippen molar-refractivity contribution in [3.8, 4) is 0 Å². The van der Waals surface area contributed by atoms with Gasteiger partial charge in [-0.3, -0.25) is 9.48 Å². The summed E-state index contributed by atoms with van der Waals surface area (Å²) in [6, 6.07) is 7.09. The molecule has 8 heteroatoms. The Kier molecular flexibility index (Phi) is 4.26. The van der Waals surface area contributed by atoms with Gasteiger partial charge >= 0.3 is 5.97 Å². The number of aromatic nitrogens is 3. The Bertz CT molecular complexity index is 929. The number of aromatic amines is 1. The van der Waals surface area contributed by atoms with Crippen LogP contribution in [-0.2, 0) is 11.8 Å². The summed E-state index contributed by atoms with van der Waals surface area (Å²) in [5.74, 6) is -0.680. The molecule has 0 aliphatic carbocycles. The third-order valence-corrected chi connectivity index (χ3v) is 3.83. The molecule has 3 rings (SSSR count). The standard InChI is InChI=1S/C16H15ClN4O3/c1-3-24-16(23)10-8-18-21(2)14(10)20-15(22)12-7-9-5-4-6-11(17)13(9)19-12/h4-8,19H,3H2,1-2H3,(H,20,22). The van der Waals surface area contributed by atoms with Gasteiger partial charge in [-0.1, -0.05) is 23.7 Å². The Morgan fingerprint density at radius 1 is 1.42 bits per heavy atom. The fourth-order valence-electron chi connectivity index (χ4n) is 2.36. The van der Waals surface area contributed by atoms with Crippen molar-refractivity contribution in [3.05, 3.63) is 46.7 Å². The van der Waals surface area contributed by atoms with Gasteiger partial charge in [-0.05, 0) is 19.1 Å². The molecule has 0 atom stereocenters. The Hall–Kier alpha value is -2.80. The van der Waals surface area contributed by atoms with Crippen molar-refractivity contribution in [2.45, 2.75) is 6.92 Å². The number of nitrogens with one attached hydrogen (secondary N) is 2. The zero-order valence-corrected chi connectivity index (χ0v) is 13.8. The average molecular weight is 347 g/mol. The topological polar surface area (TPSA) is 89.0 Å². The summed E-state index contributed by atoms with van der Waals surface area (Å²) in [4.78, 5) is 27.4. The Labute approximate surface area is 142 Å². The average Bonchev–Trinajstić information content (AvgIpc) is 3.13. The SMILES string of the molecule is CCOC(=O)c1cnn(C)c1NC(=O)c1cc2cccc(Cl)c2[nH]1. The lowest BCUT2D eigenvalue weighted by atomic mass is 10.2. The molecule has 0 bridgehead atoms. The first kappa shape index (κ1) is 16.1. The molecule has 24 heavy (non-hydrogen) atoms.